The second-order valence-electron chi connectivity index (χ2n) is 0.868. The van der Waals surface area contributed by atoms with Gasteiger partial charge in [0.25, 0.3) is 0 Å². The maximum Gasteiger partial charge on any atom is 0.329 e. The van der Waals surface area contributed by atoms with Crippen LogP contribution in [0.5, 0.6) is 0 Å². The first kappa shape index (κ1) is 15.9. The van der Waals surface area contributed by atoms with Gasteiger partial charge in [-0.2, -0.15) is 5.26 Å². The van der Waals surface area contributed by atoms with E-state index in [9.17, 15) is 0 Å². The number of carbonyl (C=O) groups is 1. The van der Waals surface area contributed by atoms with Gasteiger partial charge in [-0.3, -0.25) is 0 Å². The third-order valence-electron chi connectivity index (χ3n) is 0.206. The summed E-state index contributed by atoms with van der Waals surface area (Å²) in [6.45, 7) is -1.15. The molecule has 0 aliphatic carbocycles. The van der Waals surface area contributed by atoms with Crippen molar-refractivity contribution in [3.8, 4) is 6.07 Å². The summed E-state index contributed by atoms with van der Waals surface area (Å²) >= 11 is 0. The Morgan fingerprint density at radius 3 is 1.70 bits per heavy atom. The molecule has 0 saturated heterocycles. The molecular weight excluding hydrogens is 142 g/mol. The number of rotatable bonds is 1. The Morgan fingerprint density at radius 2 is 1.70 bits per heavy atom. The minimum atomic E-state index is -1.19. The highest BCUT2D eigenvalue weighted by Gasteiger charge is 1.82. The van der Waals surface area contributed by atoms with Gasteiger partial charge in [0, 0.05) is 0 Å². The highest BCUT2D eigenvalue weighted by Crippen LogP contribution is 1.48. The van der Waals surface area contributed by atoms with E-state index in [4.69, 9.17) is 25.4 Å². The Bertz CT molecular complexity index is 107. The predicted molar refractivity (Wildman–Crippen MR) is 31.0 cm³/mol. The fraction of sp³-hybridized carbons (Fsp3) is 0.500. The van der Waals surface area contributed by atoms with Crippen LogP contribution < -0.4 is 0 Å². The van der Waals surface area contributed by atoms with Crippen LogP contribution in [0.15, 0.2) is 0 Å². The molecule has 0 aromatic carbocycles. The van der Waals surface area contributed by atoms with Crippen molar-refractivity contribution in [2.45, 2.75) is 0 Å². The van der Waals surface area contributed by atoms with Gasteiger partial charge in [-0.25, -0.2) is 4.79 Å². The van der Waals surface area contributed by atoms with Crippen molar-refractivity contribution in [2.24, 2.45) is 0 Å². The molecule has 0 spiro atoms. The fourth-order valence-electron chi connectivity index (χ4n) is 0. The first-order valence-electron chi connectivity index (χ1n) is 1.99. The van der Waals surface area contributed by atoms with E-state index in [0.717, 1.165) is 0 Å². The average molecular weight is 151 g/mol. The third kappa shape index (κ3) is 68.9. The zero-order chi connectivity index (χ0) is 7.70. The molecule has 0 atom stereocenters. The number of hydrogen-bond donors (Lipinski definition) is 3. The number of aliphatic carboxylic acids is 1. The molecule has 0 aliphatic heterocycles. The molecule has 0 rings (SSSR count). The molecule has 60 valence electrons. The lowest BCUT2D eigenvalue weighted by molar-refractivity contribution is -0.140. The smallest absolute Gasteiger partial charge is 0.329 e. The summed E-state index contributed by atoms with van der Waals surface area (Å²) < 4.78 is 0. The molecule has 0 saturated carbocycles. The Balaban J connectivity index is -0.0000000910. The largest absolute Gasteiger partial charge is 0.480 e. The Hall–Kier alpha value is -1.16. The van der Waals surface area contributed by atoms with Crippen molar-refractivity contribution >= 4 is 5.97 Å². The zero-order valence-corrected chi connectivity index (χ0v) is 5.11. The monoisotopic (exact) mass is 151 g/mol. The molecule has 5 N–H and O–H groups in total. The van der Waals surface area contributed by atoms with Gasteiger partial charge in [-0.05, 0) is 0 Å². The van der Waals surface area contributed by atoms with Crippen molar-refractivity contribution in [2.75, 3.05) is 13.2 Å². The van der Waals surface area contributed by atoms with E-state index in [1.54, 1.807) is 0 Å². The van der Waals surface area contributed by atoms with E-state index in [1.807, 2.05) is 0 Å². The van der Waals surface area contributed by atoms with Gasteiger partial charge in [-0.1, -0.05) is 0 Å². The van der Waals surface area contributed by atoms with Crippen LogP contribution in [0.25, 0.3) is 0 Å². The van der Waals surface area contributed by atoms with Gasteiger partial charge in [0.1, 0.15) is 13.2 Å². The van der Waals surface area contributed by atoms with Crippen molar-refractivity contribution < 1.29 is 25.6 Å². The van der Waals surface area contributed by atoms with Crippen LogP contribution in [-0.4, -0.2) is 40.0 Å². The van der Waals surface area contributed by atoms with Crippen LogP contribution in [0.1, 0.15) is 0 Å². The minimum absolute atomic E-state index is 0. The van der Waals surface area contributed by atoms with Crippen LogP contribution in [0, 0.1) is 11.3 Å². The van der Waals surface area contributed by atoms with Crippen molar-refractivity contribution in [1.82, 2.24) is 0 Å². The molecule has 0 heterocycles. The number of nitriles is 1. The number of carboxylic acids is 1. The van der Waals surface area contributed by atoms with E-state index in [2.05, 4.69) is 0 Å². The predicted octanol–water partition coefficient (Wildman–Crippen LogP) is -2.26. The summed E-state index contributed by atoms with van der Waals surface area (Å²) in [4.78, 5) is 9.12. The van der Waals surface area contributed by atoms with E-state index in [-0.39, 0.29) is 12.1 Å². The number of aliphatic hydroxyl groups is 2. The Labute approximate surface area is 57.3 Å². The Morgan fingerprint density at radius 1 is 1.50 bits per heavy atom. The van der Waals surface area contributed by atoms with Gasteiger partial charge in [0.15, 0.2) is 0 Å². The summed E-state index contributed by atoms with van der Waals surface area (Å²) in [6.07, 6.45) is 0. The zero-order valence-electron chi connectivity index (χ0n) is 5.11. The first-order chi connectivity index (χ1) is 4.18. The summed E-state index contributed by atoms with van der Waals surface area (Å²) in [6, 6.07) is 1.49. The quantitative estimate of drug-likeness (QED) is 0.364. The summed E-state index contributed by atoms with van der Waals surface area (Å²) in [5.41, 5.74) is 0. The highest BCUT2D eigenvalue weighted by molar-refractivity contribution is 5.67. The molecule has 0 aliphatic rings. The van der Waals surface area contributed by atoms with E-state index >= 15 is 0 Å². The van der Waals surface area contributed by atoms with Gasteiger partial charge in [0.2, 0.25) is 0 Å². The molecule has 0 fully saturated rings. The second-order valence-corrected chi connectivity index (χ2v) is 0.868. The molecule has 0 radical (unpaired) electrons. The fourth-order valence-corrected chi connectivity index (χ4v) is 0. The van der Waals surface area contributed by atoms with Crippen molar-refractivity contribution in [3.63, 3.8) is 0 Å². The second kappa shape index (κ2) is 15.7. The van der Waals surface area contributed by atoms with Crippen LogP contribution in [0.3, 0.4) is 0 Å². The average Bonchev–Trinajstić information content (AvgIpc) is 1.89. The molecule has 6 nitrogen and oxygen atoms in total. The molecule has 6 heteroatoms. The van der Waals surface area contributed by atoms with Gasteiger partial charge in [0.05, 0.1) is 6.07 Å². The molecule has 0 aromatic heterocycles. The molecule has 0 aromatic rings. The molecule has 0 unspecified atom stereocenters. The van der Waals surface area contributed by atoms with Gasteiger partial charge < -0.3 is 20.8 Å². The van der Waals surface area contributed by atoms with Gasteiger partial charge in [-0.15, -0.1) is 0 Å². The lowest BCUT2D eigenvalue weighted by Crippen LogP contribution is -1.98. The lowest BCUT2D eigenvalue weighted by Gasteiger charge is -1.72. The van der Waals surface area contributed by atoms with Crippen LogP contribution in [0.2, 0.25) is 0 Å². The van der Waals surface area contributed by atoms with Crippen molar-refractivity contribution in [1.29, 1.82) is 5.26 Å². The lowest BCUT2D eigenvalue weighted by atomic mass is 10.8. The van der Waals surface area contributed by atoms with E-state index in [0.29, 0.717) is 0 Å². The number of hydrogen-bond acceptors (Lipinski definition) is 4. The maximum absolute atomic E-state index is 9.12. The van der Waals surface area contributed by atoms with Crippen LogP contribution >= 0.6 is 0 Å². The highest BCUT2D eigenvalue weighted by atomic mass is 16.4. The summed E-state index contributed by atoms with van der Waals surface area (Å²) in [7, 11) is 0. The van der Waals surface area contributed by atoms with Gasteiger partial charge >= 0.3 is 5.97 Å². The van der Waals surface area contributed by atoms with Crippen LogP contribution in [0.4, 0.5) is 0 Å². The summed E-state index contributed by atoms with van der Waals surface area (Å²) in [5.74, 6) is -1.19. The van der Waals surface area contributed by atoms with Crippen molar-refractivity contribution in [3.05, 3.63) is 0 Å². The SMILES string of the molecule is N#CCO.O.O=C(O)CO. The maximum atomic E-state index is 9.12. The third-order valence-corrected chi connectivity index (χ3v) is 0.206. The normalized spacial score (nSPS) is 5.70. The van der Waals surface area contributed by atoms with E-state index < -0.39 is 12.6 Å². The number of carboxylic acid groups (broad SMARTS) is 1. The number of aliphatic hydroxyl groups excluding tert-OH is 2. The Kier molecular flexibility index (Phi) is 24.9. The molecule has 0 amide bonds. The number of nitrogens with zero attached hydrogens (tertiary/aromatic N) is 1. The van der Waals surface area contributed by atoms with Crippen LogP contribution in [-0.2, 0) is 4.79 Å². The first-order valence-corrected chi connectivity index (χ1v) is 1.99. The molecule has 0 bridgehead atoms. The minimum Gasteiger partial charge on any atom is -0.480 e. The topological polar surface area (TPSA) is 133 Å². The standard InChI is InChI=1S/C2H3NO.C2H4O3.H2O/c3-1-2-4;3-1-2(4)5;/h4H,2H2;3H,1H2,(H,4,5);1H2. The van der Waals surface area contributed by atoms with E-state index in [1.165, 1.54) is 6.07 Å². The molecular formula is C4H9NO5. The summed E-state index contributed by atoms with van der Waals surface area (Å²) in [5, 5.41) is 29.9. The molecule has 10 heavy (non-hydrogen) atoms.